The first kappa shape index (κ1) is 94.2. The molecule has 0 amide bonds. The van der Waals surface area contributed by atoms with Crippen LogP contribution in [0.2, 0.25) is 0 Å². The standard InChI is InChI=1S/C81H128O17P2/c1-5-9-13-17-21-25-29-32-35-36-37-38-41-43-47-50-54-58-62-66-79(84)92-72-77(98-81(86)68-64-60-56-52-48-44-40-34-31-27-23-19-15-11-7-3)74-96-100(89,90)94-70-75(82)69-93-99(87,88)95-73-76(97-80(85)67-63-59-55-51-45-28-24-20-16-12-8-4)71-91-78(83)65-61-57-53-49-46-42-39-33-30-26-22-18-14-10-6-2/h9-11,13-15,21-23,25-27,32-35,37-40,43,46-49,52,54,57-58,61,75-77,82H,5-8,12,16-20,24,28-31,36,41-42,44-45,50-51,53,55-56,59-60,62-74H2,1-4H3,(H,87,88)(H,89,90)/b13-9-,14-10-,15-11-,25-21-,26-22-,27-23-,35-32-,38-37-,39-33-,40-34-,47-43-,49-46-,52-48-,58-54-,61-57-. The lowest BCUT2D eigenvalue weighted by Crippen LogP contribution is -2.30. The summed E-state index contributed by atoms with van der Waals surface area (Å²) in [5.74, 6) is -2.49. The van der Waals surface area contributed by atoms with Crippen molar-refractivity contribution in [1.29, 1.82) is 0 Å². The molecule has 19 heteroatoms. The van der Waals surface area contributed by atoms with E-state index in [1.54, 1.807) is 6.08 Å². The van der Waals surface area contributed by atoms with Crippen LogP contribution in [0.5, 0.6) is 0 Å². The highest BCUT2D eigenvalue weighted by atomic mass is 31.2. The van der Waals surface area contributed by atoms with Gasteiger partial charge in [-0.1, -0.05) is 274 Å². The monoisotopic (exact) mass is 1430 g/mol. The maximum absolute atomic E-state index is 13.1. The number of aliphatic hydroxyl groups excluding tert-OH is 1. The molecule has 5 atom stereocenters. The minimum Gasteiger partial charge on any atom is -0.462 e. The van der Waals surface area contributed by atoms with Crippen molar-refractivity contribution in [3.63, 3.8) is 0 Å². The predicted molar refractivity (Wildman–Crippen MR) is 408 cm³/mol. The number of rotatable bonds is 67. The molecule has 0 aliphatic heterocycles. The maximum Gasteiger partial charge on any atom is 0.472 e. The first-order chi connectivity index (χ1) is 48.7. The number of phosphoric acid groups is 2. The van der Waals surface area contributed by atoms with E-state index in [4.69, 9.17) is 37.0 Å². The largest absolute Gasteiger partial charge is 0.472 e. The van der Waals surface area contributed by atoms with Crippen LogP contribution in [0.25, 0.3) is 0 Å². The Kier molecular flexibility index (Phi) is 67.4. The molecule has 0 aromatic heterocycles. The van der Waals surface area contributed by atoms with Crippen molar-refractivity contribution in [2.24, 2.45) is 0 Å². The third-order valence-electron chi connectivity index (χ3n) is 14.4. The number of ether oxygens (including phenoxy) is 4. The molecule has 17 nitrogen and oxygen atoms in total. The van der Waals surface area contributed by atoms with Gasteiger partial charge >= 0.3 is 39.5 Å². The molecule has 0 bridgehead atoms. The number of carbonyl (C=O) groups is 4. The quantitative estimate of drug-likeness (QED) is 0.0169. The summed E-state index contributed by atoms with van der Waals surface area (Å²) in [4.78, 5) is 72.6. The van der Waals surface area contributed by atoms with Crippen molar-refractivity contribution in [3.8, 4) is 0 Å². The Bertz CT molecular complexity index is 2620. The van der Waals surface area contributed by atoms with Gasteiger partial charge in [0.15, 0.2) is 12.2 Å². The van der Waals surface area contributed by atoms with Gasteiger partial charge in [0.25, 0.3) is 0 Å². The zero-order valence-electron chi connectivity index (χ0n) is 61.3. The molecular formula is C81H128O17P2. The highest BCUT2D eigenvalue weighted by molar-refractivity contribution is 7.47. The van der Waals surface area contributed by atoms with Crippen LogP contribution in [-0.4, -0.2) is 96.7 Å². The molecule has 0 saturated heterocycles. The second-order valence-corrected chi connectivity index (χ2v) is 26.7. The van der Waals surface area contributed by atoms with Crippen molar-refractivity contribution >= 4 is 39.5 Å². The van der Waals surface area contributed by atoms with Crippen LogP contribution in [0.3, 0.4) is 0 Å². The molecule has 0 heterocycles. The Balaban J connectivity index is 5.51. The molecule has 0 spiro atoms. The predicted octanol–water partition coefficient (Wildman–Crippen LogP) is 21.2. The number of esters is 4. The zero-order chi connectivity index (χ0) is 73.2. The van der Waals surface area contributed by atoms with Crippen LogP contribution in [0.1, 0.15) is 246 Å². The summed E-state index contributed by atoms with van der Waals surface area (Å²) in [5, 5.41) is 10.6. The van der Waals surface area contributed by atoms with Crippen molar-refractivity contribution in [1.82, 2.24) is 0 Å². The normalized spacial score (nSPS) is 15.0. The number of unbranched alkanes of at least 4 members (excludes halogenated alkanes) is 12. The van der Waals surface area contributed by atoms with Gasteiger partial charge in [-0.15, -0.1) is 0 Å². The lowest BCUT2D eigenvalue weighted by atomic mass is 10.1. The third-order valence-corrected chi connectivity index (χ3v) is 16.3. The Hall–Kier alpha value is -5.84. The van der Waals surface area contributed by atoms with Crippen molar-refractivity contribution in [2.75, 3.05) is 39.6 Å². The Morgan fingerprint density at radius 2 is 0.580 bits per heavy atom. The van der Waals surface area contributed by atoms with Crippen molar-refractivity contribution in [3.05, 3.63) is 182 Å². The van der Waals surface area contributed by atoms with Gasteiger partial charge in [0.1, 0.15) is 19.3 Å². The Morgan fingerprint density at radius 1 is 0.300 bits per heavy atom. The molecule has 0 radical (unpaired) electrons. The highest BCUT2D eigenvalue weighted by Gasteiger charge is 2.30. The molecular weight excluding hydrogens is 1310 g/mol. The summed E-state index contributed by atoms with van der Waals surface area (Å²) in [6, 6.07) is 0. The lowest BCUT2D eigenvalue weighted by molar-refractivity contribution is -0.161. The fourth-order valence-electron chi connectivity index (χ4n) is 8.90. The van der Waals surface area contributed by atoms with Gasteiger partial charge in [-0.2, -0.15) is 0 Å². The maximum atomic E-state index is 13.1. The average molecular weight is 1440 g/mol. The SMILES string of the molecule is CC/C=C\C/C=C\C/C=C\C/C=C\C/C=C\C/C=C\CCC(=O)OCC(COP(=O)(O)OCC(O)COP(=O)(O)OCC(COC(=O)C/C=C\C/C=C\C/C=C\C/C=C\C/C=C\CC)OC(=O)CCCCCCCCCCCCC)OC(=O)CCCC/C=C\C/C=C\C/C=C\C/C=C\CC. The van der Waals surface area contributed by atoms with Gasteiger partial charge in [-0.25, -0.2) is 9.13 Å². The number of carbonyl (C=O) groups excluding carboxylic acids is 4. The molecule has 0 rings (SSSR count). The van der Waals surface area contributed by atoms with Gasteiger partial charge in [-0.05, 0) is 128 Å². The van der Waals surface area contributed by atoms with Crippen LogP contribution in [0, 0.1) is 0 Å². The van der Waals surface area contributed by atoms with Crippen LogP contribution in [-0.2, 0) is 65.4 Å². The Morgan fingerprint density at radius 3 is 0.930 bits per heavy atom. The molecule has 0 fully saturated rings. The fourth-order valence-corrected chi connectivity index (χ4v) is 10.5. The molecule has 564 valence electrons. The van der Waals surface area contributed by atoms with E-state index in [2.05, 4.69) is 161 Å². The van der Waals surface area contributed by atoms with Gasteiger partial charge in [-0.3, -0.25) is 37.3 Å². The van der Waals surface area contributed by atoms with Gasteiger partial charge in [0.05, 0.1) is 32.8 Å². The lowest BCUT2D eigenvalue weighted by Gasteiger charge is -2.21. The Labute approximate surface area is 603 Å². The van der Waals surface area contributed by atoms with E-state index >= 15 is 0 Å². The van der Waals surface area contributed by atoms with Crippen LogP contribution in [0.4, 0.5) is 0 Å². The topological polar surface area (TPSA) is 237 Å². The molecule has 3 N–H and O–H groups in total. The van der Waals surface area contributed by atoms with E-state index in [1.165, 1.54) is 38.5 Å². The van der Waals surface area contributed by atoms with Crippen LogP contribution >= 0.6 is 15.6 Å². The second-order valence-electron chi connectivity index (χ2n) is 23.8. The van der Waals surface area contributed by atoms with Crippen molar-refractivity contribution < 1.29 is 80.2 Å². The summed E-state index contributed by atoms with van der Waals surface area (Å²) in [6.45, 7) is 4.22. The smallest absolute Gasteiger partial charge is 0.462 e. The minimum absolute atomic E-state index is 0.0176. The molecule has 0 aromatic rings. The third kappa shape index (κ3) is 70.6. The number of phosphoric ester groups is 2. The van der Waals surface area contributed by atoms with E-state index in [0.29, 0.717) is 38.5 Å². The van der Waals surface area contributed by atoms with Crippen LogP contribution < -0.4 is 0 Å². The first-order valence-corrected chi connectivity index (χ1v) is 40.0. The number of hydrogen-bond donors (Lipinski definition) is 3. The summed E-state index contributed by atoms with van der Waals surface area (Å²) in [7, 11) is -10.0. The summed E-state index contributed by atoms with van der Waals surface area (Å²) < 4.78 is 68.1. The van der Waals surface area contributed by atoms with Gasteiger partial charge in [0.2, 0.25) is 0 Å². The van der Waals surface area contributed by atoms with Crippen molar-refractivity contribution in [2.45, 2.75) is 264 Å². The summed E-state index contributed by atoms with van der Waals surface area (Å²) in [5.41, 5.74) is 0. The molecule has 0 saturated carbocycles. The van der Waals surface area contributed by atoms with E-state index in [9.17, 15) is 43.2 Å². The molecule has 0 aliphatic rings. The summed E-state index contributed by atoms with van der Waals surface area (Å²) >= 11 is 0. The molecule has 5 unspecified atom stereocenters. The molecule has 0 aromatic carbocycles. The first-order valence-electron chi connectivity index (χ1n) is 37.0. The minimum atomic E-state index is -5.01. The number of allylic oxidation sites excluding steroid dienone is 29. The highest BCUT2D eigenvalue weighted by Crippen LogP contribution is 2.45. The van der Waals surface area contributed by atoms with Gasteiger partial charge < -0.3 is 33.8 Å². The van der Waals surface area contributed by atoms with E-state index in [1.807, 2.05) is 42.5 Å². The number of aliphatic hydroxyl groups is 1. The molecule has 100 heavy (non-hydrogen) atoms. The zero-order valence-corrected chi connectivity index (χ0v) is 63.1. The van der Waals surface area contributed by atoms with E-state index in [-0.39, 0.29) is 25.7 Å². The fraction of sp³-hybridized carbons (Fsp3) is 0.580. The van der Waals surface area contributed by atoms with Gasteiger partial charge in [0, 0.05) is 19.3 Å². The average Bonchev–Trinajstić information content (AvgIpc) is 0.985. The van der Waals surface area contributed by atoms with E-state index < -0.39 is 97.5 Å². The summed E-state index contributed by atoms with van der Waals surface area (Å²) in [6.07, 6.45) is 85.2. The number of hydrogen-bond acceptors (Lipinski definition) is 15. The van der Waals surface area contributed by atoms with Crippen LogP contribution in [0.15, 0.2) is 182 Å². The van der Waals surface area contributed by atoms with E-state index in [0.717, 1.165) is 116 Å². The molecule has 0 aliphatic carbocycles. The second kappa shape index (κ2) is 71.6.